The van der Waals surface area contributed by atoms with Crippen molar-refractivity contribution in [2.24, 2.45) is 0 Å². The summed E-state index contributed by atoms with van der Waals surface area (Å²) < 4.78 is 19.3. The van der Waals surface area contributed by atoms with Gasteiger partial charge in [-0.05, 0) is 48.0 Å². The average molecular weight is 475 g/mol. The van der Waals surface area contributed by atoms with E-state index in [1.165, 1.54) is 19.2 Å². The minimum atomic E-state index is -0.983. The van der Waals surface area contributed by atoms with Gasteiger partial charge in [0.25, 0.3) is 0 Å². The van der Waals surface area contributed by atoms with Crippen LogP contribution in [0.15, 0.2) is 54.6 Å². The highest BCUT2D eigenvalue weighted by Crippen LogP contribution is 2.34. The lowest BCUT2D eigenvalue weighted by Crippen LogP contribution is -2.60. The van der Waals surface area contributed by atoms with Crippen molar-refractivity contribution in [1.29, 1.82) is 5.26 Å². The third kappa shape index (κ3) is 4.72. The van der Waals surface area contributed by atoms with Gasteiger partial charge in [0.15, 0.2) is 0 Å². The van der Waals surface area contributed by atoms with Crippen molar-refractivity contribution < 1.29 is 13.9 Å². The van der Waals surface area contributed by atoms with Crippen LogP contribution < -0.4 is 10.1 Å². The Labute approximate surface area is 205 Å². The fourth-order valence-corrected chi connectivity index (χ4v) is 4.98. The summed E-state index contributed by atoms with van der Waals surface area (Å²) in [5.74, 6) is -0.0501. The highest BCUT2D eigenvalue weighted by atomic mass is 19.1. The van der Waals surface area contributed by atoms with Gasteiger partial charge >= 0.3 is 0 Å². The number of nitrogens with zero attached hydrogens (tertiary/aromatic N) is 3. The molecule has 0 bridgehead atoms. The van der Waals surface area contributed by atoms with Gasteiger partial charge in [-0.15, -0.1) is 0 Å². The highest BCUT2D eigenvalue weighted by Gasteiger charge is 2.42. The molecular weight excluding hydrogens is 443 g/mol. The summed E-state index contributed by atoms with van der Waals surface area (Å²) in [6.07, 6.45) is 0. The summed E-state index contributed by atoms with van der Waals surface area (Å²) in [5.41, 5.74) is 0.938. The maximum Gasteiger partial charge on any atom is 0.245 e. The number of ether oxygens (including phenoxy) is 1. The number of carbonyl (C=O) groups excluding carboxylic acids is 1. The molecule has 3 aromatic carbocycles. The van der Waals surface area contributed by atoms with Crippen molar-refractivity contribution in [3.63, 3.8) is 0 Å². The molecular formula is C28H31FN4O2. The first kappa shape index (κ1) is 24.6. The molecule has 0 spiro atoms. The first-order chi connectivity index (χ1) is 16.9. The van der Waals surface area contributed by atoms with Gasteiger partial charge in [0.05, 0.1) is 12.7 Å². The topological polar surface area (TPSA) is 68.6 Å². The fraction of sp³-hybridized carbons (Fsp3) is 0.357. The SMILES string of the molecule is CCN1CCN(C(C)(C(=O)NCc2c(OC)c(C#N)cc3ccccc23)c2ccc(F)cc2)CC1. The predicted molar refractivity (Wildman–Crippen MR) is 135 cm³/mol. The molecule has 6 nitrogen and oxygen atoms in total. The van der Waals surface area contributed by atoms with Gasteiger partial charge in [0, 0.05) is 38.3 Å². The van der Waals surface area contributed by atoms with E-state index in [1.54, 1.807) is 18.2 Å². The van der Waals surface area contributed by atoms with E-state index in [2.05, 4.69) is 28.1 Å². The number of methoxy groups -OCH3 is 1. The summed E-state index contributed by atoms with van der Waals surface area (Å²) in [4.78, 5) is 18.4. The Balaban J connectivity index is 1.69. The second-order valence-electron chi connectivity index (χ2n) is 8.95. The number of hydrogen-bond donors (Lipinski definition) is 1. The number of hydrogen-bond acceptors (Lipinski definition) is 5. The van der Waals surface area contributed by atoms with E-state index in [-0.39, 0.29) is 18.3 Å². The second-order valence-corrected chi connectivity index (χ2v) is 8.95. The lowest BCUT2D eigenvalue weighted by molar-refractivity contribution is -0.135. The lowest BCUT2D eigenvalue weighted by atomic mass is 9.87. The molecule has 1 fully saturated rings. The van der Waals surface area contributed by atoms with E-state index in [4.69, 9.17) is 4.74 Å². The summed E-state index contributed by atoms with van der Waals surface area (Å²) >= 11 is 0. The number of halogens is 1. The van der Waals surface area contributed by atoms with Crippen LogP contribution in [0.4, 0.5) is 4.39 Å². The summed E-state index contributed by atoms with van der Waals surface area (Å²) in [7, 11) is 1.53. The zero-order valence-electron chi connectivity index (χ0n) is 20.5. The molecule has 0 aliphatic carbocycles. The molecule has 1 aliphatic rings. The van der Waals surface area contributed by atoms with Gasteiger partial charge < -0.3 is 15.0 Å². The predicted octanol–water partition coefficient (Wildman–Crippen LogP) is 4.03. The fourth-order valence-electron chi connectivity index (χ4n) is 4.98. The number of rotatable bonds is 7. The smallest absolute Gasteiger partial charge is 0.245 e. The zero-order chi connectivity index (χ0) is 25.0. The third-order valence-electron chi connectivity index (χ3n) is 7.16. The Morgan fingerprint density at radius 2 is 1.83 bits per heavy atom. The van der Waals surface area contributed by atoms with Gasteiger partial charge in [0.2, 0.25) is 5.91 Å². The summed E-state index contributed by atoms with van der Waals surface area (Å²) in [6.45, 7) is 8.38. The Hall–Kier alpha value is -3.47. The maximum atomic E-state index is 13.9. The minimum Gasteiger partial charge on any atom is -0.495 e. The molecule has 182 valence electrons. The largest absolute Gasteiger partial charge is 0.495 e. The molecule has 4 rings (SSSR count). The molecule has 1 aliphatic heterocycles. The molecule has 0 aromatic heterocycles. The van der Waals surface area contributed by atoms with Crippen molar-refractivity contribution in [2.75, 3.05) is 39.8 Å². The Morgan fingerprint density at radius 1 is 1.14 bits per heavy atom. The van der Waals surface area contributed by atoms with Crippen LogP contribution in [-0.2, 0) is 16.9 Å². The van der Waals surface area contributed by atoms with Gasteiger partial charge in [0.1, 0.15) is 23.2 Å². The molecule has 1 saturated heterocycles. The van der Waals surface area contributed by atoms with Crippen molar-refractivity contribution in [2.45, 2.75) is 25.9 Å². The quantitative estimate of drug-likeness (QED) is 0.560. The van der Waals surface area contributed by atoms with Crippen molar-refractivity contribution in [1.82, 2.24) is 15.1 Å². The van der Waals surface area contributed by atoms with Crippen molar-refractivity contribution in [3.05, 3.63) is 77.1 Å². The molecule has 3 aromatic rings. The number of piperazine rings is 1. The van der Waals surface area contributed by atoms with Crippen molar-refractivity contribution in [3.8, 4) is 11.8 Å². The standard InChI is InChI=1S/C28H31FN4O2/c1-4-32-13-15-33(16-14-32)28(2,22-9-11-23(29)12-10-22)27(34)31-19-25-24-8-6-5-7-20(24)17-21(18-30)26(25)35-3/h5-12,17H,4,13-16,19H2,1-3H3,(H,31,34). The lowest BCUT2D eigenvalue weighted by Gasteiger charge is -2.45. The number of nitriles is 1. The summed E-state index contributed by atoms with van der Waals surface area (Å²) in [5, 5.41) is 14.6. The number of fused-ring (bicyclic) bond motifs is 1. The van der Waals surface area contributed by atoms with Crippen LogP contribution in [0.3, 0.4) is 0 Å². The number of benzene rings is 3. The van der Waals surface area contributed by atoms with E-state index in [0.717, 1.165) is 54.6 Å². The maximum absolute atomic E-state index is 13.9. The van der Waals surface area contributed by atoms with Crippen LogP contribution in [0, 0.1) is 17.1 Å². The van der Waals surface area contributed by atoms with Crippen molar-refractivity contribution >= 4 is 16.7 Å². The van der Waals surface area contributed by atoms with E-state index >= 15 is 0 Å². The molecule has 1 heterocycles. The van der Waals surface area contributed by atoms with E-state index < -0.39 is 5.54 Å². The van der Waals surface area contributed by atoms with E-state index in [0.29, 0.717) is 11.3 Å². The number of likely N-dealkylation sites (N-methyl/N-ethyl adjacent to an activating group) is 1. The highest BCUT2D eigenvalue weighted by molar-refractivity contribution is 5.91. The normalized spacial score (nSPS) is 16.4. The molecule has 1 unspecified atom stereocenters. The van der Waals surface area contributed by atoms with Crippen LogP contribution >= 0.6 is 0 Å². The van der Waals surface area contributed by atoms with Gasteiger partial charge in [-0.1, -0.05) is 43.3 Å². The van der Waals surface area contributed by atoms with Crippen LogP contribution in [-0.4, -0.2) is 55.5 Å². The zero-order valence-corrected chi connectivity index (χ0v) is 20.5. The van der Waals surface area contributed by atoms with Crippen LogP contribution in [0.5, 0.6) is 5.75 Å². The molecule has 7 heteroatoms. The first-order valence-electron chi connectivity index (χ1n) is 11.9. The Bertz CT molecular complexity index is 1250. The van der Waals surface area contributed by atoms with Crippen LogP contribution in [0.2, 0.25) is 0 Å². The second kappa shape index (κ2) is 10.4. The monoisotopic (exact) mass is 474 g/mol. The third-order valence-corrected chi connectivity index (χ3v) is 7.16. The van der Waals surface area contributed by atoms with E-state index in [1.807, 2.05) is 31.2 Å². The Kier molecular flexibility index (Phi) is 7.34. The summed E-state index contributed by atoms with van der Waals surface area (Å²) in [6, 6.07) is 17.9. The molecule has 0 radical (unpaired) electrons. The molecule has 1 atom stereocenters. The molecule has 1 N–H and O–H groups in total. The molecule has 35 heavy (non-hydrogen) atoms. The van der Waals surface area contributed by atoms with E-state index in [9.17, 15) is 14.4 Å². The number of amides is 1. The van der Waals surface area contributed by atoms with Gasteiger partial charge in [-0.3, -0.25) is 9.69 Å². The molecule has 0 saturated carbocycles. The van der Waals surface area contributed by atoms with Crippen LogP contribution in [0.25, 0.3) is 10.8 Å². The Morgan fingerprint density at radius 3 is 2.46 bits per heavy atom. The van der Waals surface area contributed by atoms with Gasteiger partial charge in [-0.2, -0.15) is 5.26 Å². The number of nitrogens with one attached hydrogen (secondary N) is 1. The minimum absolute atomic E-state index is 0.178. The first-order valence-corrected chi connectivity index (χ1v) is 11.9. The average Bonchev–Trinajstić information content (AvgIpc) is 2.90. The van der Waals surface area contributed by atoms with Gasteiger partial charge in [-0.25, -0.2) is 4.39 Å². The molecule has 1 amide bonds. The number of carbonyl (C=O) groups is 1. The van der Waals surface area contributed by atoms with Crippen LogP contribution in [0.1, 0.15) is 30.5 Å².